The van der Waals surface area contributed by atoms with Crippen molar-refractivity contribution in [3.05, 3.63) is 158 Å². The summed E-state index contributed by atoms with van der Waals surface area (Å²) in [6.07, 6.45) is 8.51. The number of rotatable bonds is 8. The van der Waals surface area contributed by atoms with E-state index in [1.165, 1.54) is 56.9 Å². The number of fused-ring (bicyclic) bond motifs is 8. The Morgan fingerprint density at radius 2 is 1.17 bits per heavy atom. The molecule has 2 aliphatic rings. The molecule has 0 fully saturated rings. The predicted molar refractivity (Wildman–Crippen MR) is 209 cm³/mol. The third-order valence-corrected chi connectivity index (χ3v) is 28.1. The predicted octanol–water partition coefficient (Wildman–Crippen LogP) is 10.8. The van der Waals surface area contributed by atoms with E-state index in [2.05, 4.69) is 121 Å². The van der Waals surface area contributed by atoms with Gasteiger partial charge in [0, 0.05) is 0 Å². The third-order valence-electron chi connectivity index (χ3n) is 10.9. The fourth-order valence-corrected chi connectivity index (χ4v) is 25.1. The van der Waals surface area contributed by atoms with Crippen LogP contribution in [0.2, 0.25) is 0 Å². The van der Waals surface area contributed by atoms with Crippen LogP contribution in [0.3, 0.4) is 0 Å². The van der Waals surface area contributed by atoms with E-state index in [0.29, 0.717) is 23.5 Å². The Morgan fingerprint density at radius 3 is 1.75 bits per heavy atom. The molecule has 0 aliphatic heterocycles. The molecule has 0 heterocycles. The van der Waals surface area contributed by atoms with Gasteiger partial charge in [0.25, 0.3) is 0 Å². The first-order valence-corrected chi connectivity index (χ1v) is 25.2. The Labute approximate surface area is 303 Å². The van der Waals surface area contributed by atoms with Crippen LogP contribution >= 0.6 is 46.4 Å². The summed E-state index contributed by atoms with van der Waals surface area (Å²) in [6, 6.07) is 38.3. The molecule has 6 aromatic rings. The summed E-state index contributed by atoms with van der Waals surface area (Å²) in [5.41, 5.74) is 9.61. The molecule has 0 saturated heterocycles. The molecular weight excluding hydrogens is 750 g/mol. The number of halogens is 4. The van der Waals surface area contributed by atoms with E-state index >= 15 is 0 Å². The summed E-state index contributed by atoms with van der Waals surface area (Å²) in [7, 11) is 0. The van der Waals surface area contributed by atoms with Crippen molar-refractivity contribution in [3.8, 4) is 11.1 Å². The Morgan fingerprint density at radius 1 is 0.604 bits per heavy atom. The summed E-state index contributed by atoms with van der Waals surface area (Å²) in [6.45, 7) is 0. The second kappa shape index (κ2) is 12.5. The molecule has 0 saturated carbocycles. The SMILES string of the molecule is [CH2]=[Zr]([C]1=CC=CC1)([c]1cc(CCl)cc(CCl)c1)([c]1cc(CCl)cc(CCl)c1)[c]1cccc2c1c1c(c3ccccc32)-c2ccccc2C1. The Bertz CT molecular complexity index is 2310. The molecule has 0 N–H and O–H groups in total. The van der Waals surface area contributed by atoms with E-state index < -0.39 is 18.3 Å². The number of alkyl halides is 4. The quantitative estimate of drug-likeness (QED) is 0.106. The Kier molecular flexibility index (Phi) is 8.47. The zero-order valence-electron chi connectivity index (χ0n) is 26.5. The molecule has 0 nitrogen and oxygen atoms in total. The molecule has 0 amide bonds. The fraction of sp³-hybridized carbons (Fsp3) is 0.140. The van der Waals surface area contributed by atoms with Gasteiger partial charge in [-0.2, -0.15) is 0 Å². The molecule has 0 aromatic heterocycles. The average Bonchev–Trinajstić information content (AvgIpc) is 3.84. The van der Waals surface area contributed by atoms with Crippen LogP contribution in [0, 0.1) is 0 Å². The maximum atomic E-state index is 6.66. The van der Waals surface area contributed by atoms with Gasteiger partial charge in [-0.1, -0.05) is 0 Å². The zero-order valence-corrected chi connectivity index (χ0v) is 32.0. The first-order valence-electron chi connectivity index (χ1n) is 16.4. The van der Waals surface area contributed by atoms with E-state index in [0.717, 1.165) is 35.1 Å². The summed E-state index contributed by atoms with van der Waals surface area (Å²) in [5, 5.41) is 5.15. The first kappa shape index (κ1) is 32.4. The molecule has 48 heavy (non-hydrogen) atoms. The van der Waals surface area contributed by atoms with E-state index in [-0.39, 0.29) is 0 Å². The van der Waals surface area contributed by atoms with Gasteiger partial charge < -0.3 is 0 Å². The molecule has 0 atom stereocenters. The monoisotopic (exact) mass is 780 g/mol. The average molecular weight is 784 g/mol. The molecule has 8 rings (SSSR count). The number of hydrogen-bond donors (Lipinski definition) is 0. The van der Waals surface area contributed by atoms with E-state index in [4.69, 9.17) is 50.6 Å². The van der Waals surface area contributed by atoms with Crippen molar-refractivity contribution in [2.45, 2.75) is 36.4 Å². The molecule has 0 unspecified atom stereocenters. The van der Waals surface area contributed by atoms with E-state index in [9.17, 15) is 0 Å². The number of allylic oxidation sites excluding steroid dienone is 4. The van der Waals surface area contributed by atoms with Crippen LogP contribution in [-0.2, 0) is 48.2 Å². The topological polar surface area (TPSA) is 0 Å². The van der Waals surface area contributed by atoms with Crippen LogP contribution in [0.25, 0.3) is 32.7 Å². The summed E-state index contributed by atoms with van der Waals surface area (Å²) < 4.78 is 10.9. The van der Waals surface area contributed by atoms with Gasteiger partial charge >= 0.3 is 306 Å². The molecule has 6 aromatic carbocycles. The van der Waals surface area contributed by atoms with Crippen LogP contribution in [0.4, 0.5) is 0 Å². The summed E-state index contributed by atoms with van der Waals surface area (Å²) in [5.74, 6) is 1.55. The van der Waals surface area contributed by atoms with Crippen LogP contribution in [0.5, 0.6) is 0 Å². The number of benzene rings is 6. The van der Waals surface area contributed by atoms with Crippen LogP contribution in [-0.4, -0.2) is 4.21 Å². The molecule has 0 spiro atoms. The minimum absolute atomic E-state index is 0.389. The molecule has 238 valence electrons. The fourth-order valence-electron chi connectivity index (χ4n) is 8.73. The Balaban J connectivity index is 1.65. The zero-order chi connectivity index (χ0) is 33.1. The van der Waals surface area contributed by atoms with Gasteiger partial charge in [0.05, 0.1) is 0 Å². The third kappa shape index (κ3) is 4.69. The molecule has 0 radical (unpaired) electrons. The summed E-state index contributed by atoms with van der Waals surface area (Å²) in [4.78, 5) is 0. The molecule has 2 aliphatic carbocycles. The normalized spacial score (nSPS) is 14.1. The van der Waals surface area contributed by atoms with Crippen molar-refractivity contribution in [2.24, 2.45) is 0 Å². The van der Waals surface area contributed by atoms with Gasteiger partial charge in [-0.05, 0) is 0 Å². The number of hydrogen-bond acceptors (Lipinski definition) is 0. The van der Waals surface area contributed by atoms with Crippen LogP contribution < -0.4 is 9.81 Å². The van der Waals surface area contributed by atoms with Crippen molar-refractivity contribution >= 4 is 82.0 Å². The van der Waals surface area contributed by atoms with Gasteiger partial charge in [0.2, 0.25) is 0 Å². The first-order chi connectivity index (χ1) is 23.4. The minimum atomic E-state index is -5.22. The van der Waals surface area contributed by atoms with Gasteiger partial charge in [0.15, 0.2) is 0 Å². The van der Waals surface area contributed by atoms with Crippen molar-refractivity contribution in [2.75, 3.05) is 0 Å². The van der Waals surface area contributed by atoms with Crippen molar-refractivity contribution in [3.63, 3.8) is 0 Å². The summed E-state index contributed by atoms with van der Waals surface area (Å²) >= 11 is 21.4. The van der Waals surface area contributed by atoms with Gasteiger partial charge in [-0.3, -0.25) is 0 Å². The van der Waals surface area contributed by atoms with Crippen molar-refractivity contribution in [1.29, 1.82) is 0 Å². The molecule has 0 bridgehead atoms. The molecular formula is C43H34Cl4Zr. The van der Waals surface area contributed by atoms with Gasteiger partial charge in [0.1, 0.15) is 0 Å². The van der Waals surface area contributed by atoms with Crippen molar-refractivity contribution in [1.82, 2.24) is 0 Å². The van der Waals surface area contributed by atoms with E-state index in [1.54, 1.807) is 0 Å². The second-order valence-corrected chi connectivity index (χ2v) is 27.3. The molecule has 5 heteroatoms. The maximum absolute atomic E-state index is 6.66. The standard InChI is InChI=1S/C21H13.2C8H7Cl2.C5H5.CH2.Zr/c1-2-8-15-14(7-1)13-20-18-11-4-3-9-16(18)17-10-5-6-12-19(17)21(15)20;2*9-5-7-2-1-3-8(4-7)6-10;1-2-4-5-3-1;;/h1-10,12H,13H2;2*2-4H,5-6H2;1-3H,4H2;1H2;. The van der Waals surface area contributed by atoms with Crippen LogP contribution in [0.1, 0.15) is 39.8 Å². The van der Waals surface area contributed by atoms with Gasteiger partial charge in [-0.25, -0.2) is 0 Å². The van der Waals surface area contributed by atoms with Crippen LogP contribution in [0.15, 0.2) is 125 Å². The van der Waals surface area contributed by atoms with Crippen molar-refractivity contribution < 1.29 is 18.3 Å². The Hall–Kier alpha value is -2.77. The van der Waals surface area contributed by atoms with E-state index in [1.807, 2.05) is 0 Å². The second-order valence-electron chi connectivity index (χ2n) is 13.4. The van der Waals surface area contributed by atoms with Gasteiger partial charge in [-0.15, -0.1) is 0 Å².